The summed E-state index contributed by atoms with van der Waals surface area (Å²) in [5, 5.41) is 13.3. The Morgan fingerprint density at radius 2 is 1.84 bits per heavy atom. The van der Waals surface area contributed by atoms with Crippen molar-refractivity contribution in [1.82, 2.24) is 10.2 Å². The van der Waals surface area contributed by atoms with Crippen molar-refractivity contribution in [2.75, 3.05) is 26.3 Å². The van der Waals surface area contributed by atoms with Crippen LogP contribution in [0.1, 0.15) is 49.0 Å². The molecule has 1 aromatic carbocycles. The maximum Gasteiger partial charge on any atom is 0.416 e. The molecule has 3 aliphatic rings. The summed E-state index contributed by atoms with van der Waals surface area (Å²) in [5.41, 5.74) is -4.96. The highest BCUT2D eigenvalue weighted by Gasteiger charge is 2.52. The molecule has 1 aliphatic carbocycles. The summed E-state index contributed by atoms with van der Waals surface area (Å²) in [4.78, 5) is 13.6. The summed E-state index contributed by atoms with van der Waals surface area (Å²) in [5.74, 6) is -0.117. The fraction of sp³-hybridized carbons (Fsp3) is 0.538. The van der Waals surface area contributed by atoms with Crippen LogP contribution < -0.4 is 5.32 Å². The lowest BCUT2D eigenvalue weighted by Crippen LogP contribution is -2.67. The quantitative estimate of drug-likeness (QED) is 0.461. The molecule has 1 unspecified atom stereocenters. The zero-order chi connectivity index (χ0) is 27.8. The number of halogens is 6. The van der Waals surface area contributed by atoms with Gasteiger partial charge in [0.05, 0.1) is 36.5 Å². The largest absolute Gasteiger partial charge is 0.447 e. The molecule has 12 heteroatoms. The second-order valence-corrected chi connectivity index (χ2v) is 9.87. The van der Waals surface area contributed by atoms with Crippen molar-refractivity contribution in [3.63, 3.8) is 0 Å². The van der Waals surface area contributed by atoms with Gasteiger partial charge in [0.25, 0.3) is 0 Å². The number of nitriles is 1. The lowest BCUT2D eigenvalue weighted by Gasteiger charge is -2.50. The van der Waals surface area contributed by atoms with E-state index in [0.29, 0.717) is 31.4 Å². The van der Waals surface area contributed by atoms with E-state index in [1.54, 1.807) is 0 Å². The molecular weight excluding hydrogens is 516 g/mol. The van der Waals surface area contributed by atoms with Crippen molar-refractivity contribution in [2.45, 2.75) is 55.7 Å². The van der Waals surface area contributed by atoms with E-state index >= 15 is 0 Å². The molecule has 1 aromatic rings. The van der Waals surface area contributed by atoms with Gasteiger partial charge in [-0.15, -0.1) is 0 Å². The van der Waals surface area contributed by atoms with E-state index in [-0.39, 0.29) is 43.9 Å². The number of carbonyl (C=O) groups excluding carboxylic acids is 1. The van der Waals surface area contributed by atoms with E-state index in [4.69, 9.17) is 9.47 Å². The Kier molecular flexibility index (Phi) is 7.56. The van der Waals surface area contributed by atoms with Crippen LogP contribution in [0, 0.1) is 17.2 Å². The van der Waals surface area contributed by atoms with Crippen LogP contribution >= 0.6 is 0 Å². The van der Waals surface area contributed by atoms with Gasteiger partial charge in [0.2, 0.25) is 0 Å². The summed E-state index contributed by atoms with van der Waals surface area (Å²) in [7, 11) is 0. The molecule has 4 atom stereocenters. The van der Waals surface area contributed by atoms with Crippen LogP contribution in [0.15, 0.2) is 42.5 Å². The standard InChI is InChI=1S/C26H27F6N3O3/c1-17(18-11-20(25(27,28)29)13-21(12-18)26(30,31)32)38-16-24(19-5-3-2-4-6-19)8-7-23(14-33,15-34-24)35-9-10-37-22(35)36/h2-5,11-13,17,19,34H,6-10,15-16H2,1H3/t17-,19?,23-,24-/m1/s1. The van der Waals surface area contributed by atoms with Gasteiger partial charge in [-0.1, -0.05) is 24.3 Å². The number of cyclic esters (lactones) is 1. The number of benzene rings is 1. The Bertz CT molecular complexity index is 1110. The van der Waals surface area contributed by atoms with Crippen molar-refractivity contribution in [3.05, 3.63) is 59.2 Å². The minimum Gasteiger partial charge on any atom is -0.447 e. The number of ether oxygens (including phenoxy) is 2. The molecule has 6 nitrogen and oxygen atoms in total. The van der Waals surface area contributed by atoms with Crippen LogP contribution in [0.5, 0.6) is 0 Å². The molecule has 2 saturated heterocycles. The molecule has 0 spiro atoms. The number of carbonyl (C=O) groups is 1. The maximum absolute atomic E-state index is 13.3. The van der Waals surface area contributed by atoms with Crippen molar-refractivity contribution in [2.24, 2.45) is 5.92 Å². The van der Waals surface area contributed by atoms with Crippen LogP contribution in [0.3, 0.4) is 0 Å². The van der Waals surface area contributed by atoms with Gasteiger partial charge < -0.3 is 14.8 Å². The van der Waals surface area contributed by atoms with Gasteiger partial charge in [-0.25, -0.2) is 4.79 Å². The molecule has 4 rings (SSSR count). The lowest BCUT2D eigenvalue weighted by molar-refractivity contribution is -0.143. The monoisotopic (exact) mass is 543 g/mol. The first-order valence-electron chi connectivity index (χ1n) is 12.1. The van der Waals surface area contributed by atoms with Crippen LogP contribution in [-0.2, 0) is 21.8 Å². The van der Waals surface area contributed by atoms with E-state index in [1.807, 2.05) is 24.3 Å². The number of hydrogen-bond donors (Lipinski definition) is 1. The van der Waals surface area contributed by atoms with Gasteiger partial charge in [-0.05, 0) is 49.9 Å². The Morgan fingerprint density at radius 1 is 1.16 bits per heavy atom. The fourth-order valence-corrected chi connectivity index (χ4v) is 5.22. The van der Waals surface area contributed by atoms with Crippen LogP contribution in [0.4, 0.5) is 31.1 Å². The van der Waals surface area contributed by atoms with E-state index < -0.39 is 46.8 Å². The first-order chi connectivity index (χ1) is 17.8. The van der Waals surface area contributed by atoms with Gasteiger partial charge in [-0.3, -0.25) is 4.90 Å². The Balaban J connectivity index is 1.57. The van der Waals surface area contributed by atoms with Crippen molar-refractivity contribution >= 4 is 6.09 Å². The van der Waals surface area contributed by atoms with E-state index in [0.717, 1.165) is 0 Å². The number of allylic oxidation sites excluding steroid dienone is 3. The molecule has 206 valence electrons. The highest BCUT2D eigenvalue weighted by atomic mass is 19.4. The van der Waals surface area contributed by atoms with Crippen molar-refractivity contribution in [3.8, 4) is 6.07 Å². The molecule has 0 radical (unpaired) electrons. The summed E-state index contributed by atoms with van der Waals surface area (Å²) in [6, 6.07) is 3.67. The molecule has 2 heterocycles. The third-order valence-electron chi connectivity index (χ3n) is 7.56. The zero-order valence-electron chi connectivity index (χ0n) is 20.5. The molecule has 0 saturated carbocycles. The predicted octanol–water partition coefficient (Wildman–Crippen LogP) is 5.77. The van der Waals surface area contributed by atoms with E-state index in [9.17, 15) is 36.4 Å². The van der Waals surface area contributed by atoms with Gasteiger partial charge in [0.1, 0.15) is 12.1 Å². The third-order valence-corrected chi connectivity index (χ3v) is 7.56. The molecule has 0 aromatic heterocycles. The summed E-state index contributed by atoms with van der Waals surface area (Å²) >= 11 is 0. The van der Waals surface area contributed by atoms with Crippen LogP contribution in [0.2, 0.25) is 0 Å². The topological polar surface area (TPSA) is 74.6 Å². The maximum atomic E-state index is 13.3. The highest BCUT2D eigenvalue weighted by molar-refractivity contribution is 5.71. The number of nitrogens with one attached hydrogen (secondary N) is 1. The van der Waals surface area contributed by atoms with Crippen molar-refractivity contribution < 1.29 is 40.6 Å². The zero-order valence-corrected chi connectivity index (χ0v) is 20.5. The van der Waals surface area contributed by atoms with E-state index in [2.05, 4.69) is 11.4 Å². The summed E-state index contributed by atoms with van der Waals surface area (Å²) < 4.78 is 91.1. The van der Waals surface area contributed by atoms with E-state index in [1.165, 1.54) is 11.8 Å². The minimum atomic E-state index is -4.96. The Morgan fingerprint density at radius 3 is 2.32 bits per heavy atom. The third kappa shape index (κ3) is 5.54. The smallest absolute Gasteiger partial charge is 0.416 e. The lowest BCUT2D eigenvalue weighted by atomic mass is 9.71. The second-order valence-electron chi connectivity index (χ2n) is 9.87. The number of piperidine rings is 1. The molecule has 2 aliphatic heterocycles. The second kappa shape index (κ2) is 10.3. The predicted molar refractivity (Wildman–Crippen MR) is 124 cm³/mol. The molecular formula is C26H27F6N3O3. The highest BCUT2D eigenvalue weighted by Crippen LogP contribution is 2.41. The molecule has 1 N–H and O–H groups in total. The van der Waals surface area contributed by atoms with Crippen LogP contribution in [0.25, 0.3) is 0 Å². The van der Waals surface area contributed by atoms with Gasteiger partial charge in [0.15, 0.2) is 0 Å². The Labute approximate surface area is 215 Å². The fourth-order valence-electron chi connectivity index (χ4n) is 5.22. The first-order valence-corrected chi connectivity index (χ1v) is 12.1. The van der Waals surface area contributed by atoms with Gasteiger partial charge in [-0.2, -0.15) is 31.6 Å². The average Bonchev–Trinajstić information content (AvgIpc) is 3.33. The number of rotatable bonds is 6. The SMILES string of the molecule is C[C@@H](OC[C@@]1(C2C=CC=CC2)CC[C@](C#N)(N2CCOC2=O)CN1)c1cc(C(F)(F)F)cc(C(F)(F)F)c1. The molecule has 0 bridgehead atoms. The normalized spacial score (nSPS) is 28.7. The summed E-state index contributed by atoms with van der Waals surface area (Å²) in [6.45, 7) is 1.92. The molecule has 2 fully saturated rings. The van der Waals surface area contributed by atoms with Crippen molar-refractivity contribution in [1.29, 1.82) is 5.26 Å². The summed E-state index contributed by atoms with van der Waals surface area (Å²) in [6.07, 6.45) is -2.67. The minimum absolute atomic E-state index is 0.0411. The average molecular weight is 544 g/mol. The number of hydrogen-bond acceptors (Lipinski definition) is 5. The number of amides is 1. The van der Waals surface area contributed by atoms with Crippen LogP contribution in [-0.4, -0.2) is 48.4 Å². The molecule has 38 heavy (non-hydrogen) atoms. The first kappa shape index (κ1) is 28.0. The number of alkyl halides is 6. The Hall–Kier alpha value is -3.04. The van der Waals surface area contributed by atoms with Gasteiger partial charge in [0, 0.05) is 18.0 Å². The number of nitrogens with zero attached hydrogens (tertiary/aromatic N) is 2. The van der Waals surface area contributed by atoms with Gasteiger partial charge >= 0.3 is 18.4 Å². The molecule has 1 amide bonds.